The average Bonchev–Trinajstić information content (AvgIpc) is 3.94. The van der Waals surface area contributed by atoms with Crippen molar-refractivity contribution >= 4 is 33.7 Å². The third kappa shape index (κ3) is 11.0. The molecule has 0 saturated carbocycles. The van der Waals surface area contributed by atoms with Crippen molar-refractivity contribution in [2.45, 2.75) is 27.7 Å². The van der Waals surface area contributed by atoms with E-state index in [1.54, 1.807) is 45.5 Å². The maximum absolute atomic E-state index is 14.0. The van der Waals surface area contributed by atoms with Crippen LogP contribution < -0.4 is 9.47 Å². The van der Waals surface area contributed by atoms with Crippen LogP contribution in [0.25, 0.3) is 33.2 Å². The summed E-state index contributed by atoms with van der Waals surface area (Å²) in [5.74, 6) is -2.98. The number of fused-ring (bicyclic) bond motifs is 2. The largest absolute Gasteiger partial charge is 4.00 e. The molecule has 11 heteroatoms. The summed E-state index contributed by atoms with van der Waals surface area (Å²) >= 11 is 0. The van der Waals surface area contributed by atoms with Crippen molar-refractivity contribution < 1.29 is 58.3 Å². The Morgan fingerprint density at radius 3 is 1.22 bits per heavy atom. The Bertz CT molecular complexity index is 2280. The number of ether oxygens (including phenoxy) is 2. The van der Waals surface area contributed by atoms with E-state index in [2.05, 4.69) is 0 Å². The molecule has 0 saturated heterocycles. The first-order valence-corrected chi connectivity index (χ1v) is 16.6. The second-order valence-corrected chi connectivity index (χ2v) is 11.8. The average molecular weight is 779 g/mol. The molecule has 0 fully saturated rings. The summed E-state index contributed by atoms with van der Waals surface area (Å²) in [5.41, 5.74) is 3.44. The summed E-state index contributed by atoms with van der Waals surface area (Å²) in [6.45, 7) is 6.28. The molecule has 2 heterocycles. The Morgan fingerprint density at radius 2 is 0.927 bits per heavy atom. The van der Waals surface area contributed by atoms with E-state index in [-0.39, 0.29) is 33.1 Å². The number of hydrogen-bond acceptors (Lipinski definition) is 4. The van der Waals surface area contributed by atoms with Gasteiger partial charge >= 0.3 is 33.7 Å². The molecule has 6 aromatic carbocycles. The molecule has 8 rings (SSSR count). The second-order valence-electron chi connectivity index (χ2n) is 11.8. The molecule has 2 aromatic heterocycles. The van der Waals surface area contributed by atoms with Gasteiger partial charge in [-0.3, -0.25) is 9.59 Å². The molecule has 0 radical (unpaired) electrons. The number of carbonyl (C=O) groups is 2. The van der Waals surface area contributed by atoms with E-state index in [0.29, 0.717) is 11.5 Å². The monoisotopic (exact) mass is 778 g/mol. The van der Waals surface area contributed by atoms with Crippen LogP contribution in [0.3, 0.4) is 0 Å². The molecule has 55 heavy (non-hydrogen) atoms. The first-order chi connectivity index (χ1) is 25.9. The van der Waals surface area contributed by atoms with Gasteiger partial charge in [0, 0.05) is 70.3 Å². The van der Waals surface area contributed by atoms with Gasteiger partial charge in [-0.25, -0.2) is 41.8 Å². The molecule has 0 aliphatic heterocycles. The minimum atomic E-state index is -0.760. The summed E-state index contributed by atoms with van der Waals surface area (Å²) in [4.78, 5) is 22.0. The fraction of sp³-hybridized carbons (Fsp3) is 0.0909. The number of carbonyl (C=O) groups excluding carboxylic acids is 2. The van der Waals surface area contributed by atoms with Gasteiger partial charge in [-0.05, 0) is 73.8 Å². The molecule has 0 spiro atoms. The van der Waals surface area contributed by atoms with Crippen molar-refractivity contribution in [1.29, 1.82) is 0 Å². The van der Waals surface area contributed by atoms with Crippen molar-refractivity contribution in [3.63, 3.8) is 0 Å². The van der Waals surface area contributed by atoms with Crippen molar-refractivity contribution in [3.05, 3.63) is 180 Å². The normalized spacial score (nSPS) is 10.2. The molecular formula is C44H34F4N2O4Ti. The van der Waals surface area contributed by atoms with Gasteiger partial charge in [0.2, 0.25) is 0 Å². The zero-order valence-electron chi connectivity index (χ0n) is 30.2. The van der Waals surface area contributed by atoms with Crippen LogP contribution in [-0.4, -0.2) is 21.1 Å². The Labute approximate surface area is 330 Å². The molecule has 0 N–H and O–H groups in total. The number of hydrogen-bond donors (Lipinski definition) is 0. The topological polar surface area (TPSA) is 62.5 Å². The Kier molecular flexibility index (Phi) is 14.7. The SMILES string of the molecule is CC(=O)Oc1ccc2c(c1)cc(C)n2-c1ccc(F)[c-]c1F.CC(=O)Oc1ccc2c(c1)cc(C)n2-c1ccc(F)[c-]c1F.[Ti+4].c1cc[cH-]c1.c1cc[cH-]c1. The number of esters is 2. The molecule has 0 aliphatic carbocycles. The summed E-state index contributed by atoms with van der Waals surface area (Å²) < 4.78 is 67.4. The summed E-state index contributed by atoms with van der Waals surface area (Å²) in [7, 11) is 0. The molecule has 0 atom stereocenters. The maximum atomic E-state index is 14.0. The smallest absolute Gasteiger partial charge is 0.427 e. The zero-order valence-corrected chi connectivity index (χ0v) is 31.8. The number of nitrogens with zero attached hydrogens (tertiary/aromatic N) is 2. The van der Waals surface area contributed by atoms with Crippen LogP contribution in [0.4, 0.5) is 17.6 Å². The molecule has 0 bridgehead atoms. The Hall–Kier alpha value is -5.97. The molecule has 0 aliphatic rings. The maximum Gasteiger partial charge on any atom is 4.00 e. The van der Waals surface area contributed by atoms with E-state index in [1.165, 1.54) is 26.0 Å². The minimum Gasteiger partial charge on any atom is -0.427 e. The van der Waals surface area contributed by atoms with E-state index in [9.17, 15) is 27.2 Å². The Balaban J connectivity index is 0.000000192. The number of halogens is 4. The Morgan fingerprint density at radius 1 is 0.564 bits per heavy atom. The van der Waals surface area contributed by atoms with Crippen LogP contribution >= 0.6 is 0 Å². The van der Waals surface area contributed by atoms with Gasteiger partial charge in [0.15, 0.2) is 0 Å². The molecule has 0 amide bonds. The van der Waals surface area contributed by atoms with Gasteiger partial charge in [-0.2, -0.15) is 36.4 Å². The van der Waals surface area contributed by atoms with Crippen LogP contribution in [0.5, 0.6) is 11.5 Å². The predicted octanol–water partition coefficient (Wildman–Crippen LogP) is 10.7. The zero-order chi connectivity index (χ0) is 38.8. The summed E-state index contributed by atoms with van der Waals surface area (Å²) in [6.07, 6.45) is 0. The molecule has 8 aromatic rings. The van der Waals surface area contributed by atoms with Gasteiger partial charge in [0.1, 0.15) is 11.5 Å². The van der Waals surface area contributed by atoms with Crippen molar-refractivity contribution in [1.82, 2.24) is 9.13 Å². The van der Waals surface area contributed by atoms with E-state index in [4.69, 9.17) is 9.47 Å². The van der Waals surface area contributed by atoms with Gasteiger partial charge in [0.25, 0.3) is 0 Å². The standard InChI is InChI=1S/2C17H12F2NO2.2C5H5.Ti/c2*1-10-7-12-8-14(22-11(2)21)4-6-16(12)20(10)17-5-3-13(18)9-15(17)19;2*1-2-4-5-3-1;/h2*3-8H,1-2H3;2*1-5H;/q4*-1;+4. The van der Waals surface area contributed by atoms with Crippen molar-refractivity contribution in [2.75, 3.05) is 0 Å². The van der Waals surface area contributed by atoms with E-state index >= 15 is 0 Å². The van der Waals surface area contributed by atoms with Gasteiger partial charge in [-0.1, -0.05) is 0 Å². The number of benzene rings is 4. The van der Waals surface area contributed by atoms with Crippen molar-refractivity contribution in [3.8, 4) is 22.9 Å². The molecule has 6 nitrogen and oxygen atoms in total. The van der Waals surface area contributed by atoms with Crippen LogP contribution in [0.1, 0.15) is 25.2 Å². The molecule has 276 valence electrons. The van der Waals surface area contributed by atoms with E-state index in [0.717, 1.165) is 45.3 Å². The number of aryl methyl sites for hydroxylation is 2. The third-order valence-corrected chi connectivity index (χ3v) is 7.71. The van der Waals surface area contributed by atoms with E-state index < -0.39 is 35.2 Å². The summed E-state index contributed by atoms with van der Waals surface area (Å²) in [5, 5.41) is 1.58. The summed E-state index contributed by atoms with van der Waals surface area (Å²) in [6, 6.07) is 42.9. The second kappa shape index (κ2) is 19.4. The van der Waals surface area contributed by atoms with Gasteiger partial charge in [0.05, 0.1) is 0 Å². The van der Waals surface area contributed by atoms with Crippen LogP contribution in [-0.2, 0) is 31.3 Å². The van der Waals surface area contributed by atoms with Gasteiger partial charge in [-0.15, -0.1) is 36.4 Å². The first kappa shape index (κ1) is 41.8. The molecule has 0 unspecified atom stereocenters. The first-order valence-electron chi connectivity index (χ1n) is 16.6. The van der Waals surface area contributed by atoms with Crippen LogP contribution in [0.15, 0.2) is 133 Å². The number of aromatic nitrogens is 2. The van der Waals surface area contributed by atoms with Crippen molar-refractivity contribution in [2.24, 2.45) is 0 Å². The van der Waals surface area contributed by atoms with Gasteiger partial charge < -0.3 is 18.6 Å². The fourth-order valence-corrected chi connectivity index (χ4v) is 5.62. The fourth-order valence-electron chi connectivity index (χ4n) is 5.62. The quantitative estimate of drug-likeness (QED) is 0.0587. The van der Waals surface area contributed by atoms with Crippen LogP contribution in [0.2, 0.25) is 0 Å². The third-order valence-electron chi connectivity index (χ3n) is 7.71. The van der Waals surface area contributed by atoms with Crippen LogP contribution in [0, 0.1) is 49.2 Å². The minimum absolute atomic E-state index is 0. The van der Waals surface area contributed by atoms with E-state index in [1.807, 2.05) is 98.8 Å². The molecular weight excluding hydrogens is 744 g/mol. The predicted molar refractivity (Wildman–Crippen MR) is 200 cm³/mol. The number of rotatable bonds is 4.